The molecule has 0 saturated carbocycles. The minimum Gasteiger partial charge on any atom is -0.484 e. The number of benzene rings is 3. The monoisotopic (exact) mass is 641 g/mol. The molecule has 0 spiro atoms. The van der Waals surface area contributed by atoms with Crippen LogP contribution in [-0.2, 0) is 4.79 Å². The number of anilines is 2. The van der Waals surface area contributed by atoms with Crippen LogP contribution < -0.4 is 20.3 Å². The van der Waals surface area contributed by atoms with Crippen LogP contribution in [0.5, 0.6) is 5.75 Å². The van der Waals surface area contributed by atoms with E-state index in [0.29, 0.717) is 26.6 Å². The molecule has 0 unspecified atom stereocenters. The highest BCUT2D eigenvalue weighted by Crippen LogP contribution is 2.44. The van der Waals surface area contributed by atoms with Gasteiger partial charge in [-0.05, 0) is 104 Å². The van der Waals surface area contributed by atoms with E-state index in [2.05, 4.69) is 45.0 Å². The Morgan fingerprint density at radius 2 is 1.73 bits per heavy atom. The molecule has 1 aliphatic rings. The molecule has 7 nitrogen and oxygen atoms in total. The van der Waals surface area contributed by atoms with Crippen molar-refractivity contribution in [2.75, 3.05) is 16.8 Å². The molecule has 6 rings (SSSR count). The maximum Gasteiger partial charge on any atom is 0.262 e. The van der Waals surface area contributed by atoms with Gasteiger partial charge in [0.05, 0.1) is 28.5 Å². The molecule has 2 N–H and O–H groups in total. The van der Waals surface area contributed by atoms with Crippen molar-refractivity contribution in [3.05, 3.63) is 136 Å². The molecule has 2 atom stereocenters. The lowest BCUT2D eigenvalue weighted by Gasteiger charge is -2.28. The summed E-state index contributed by atoms with van der Waals surface area (Å²) in [6, 6.07) is 30.0. The molecule has 1 saturated heterocycles. The average Bonchev–Trinajstić information content (AvgIpc) is 3.52. The molecule has 222 valence electrons. The van der Waals surface area contributed by atoms with Crippen LogP contribution in [0.15, 0.2) is 103 Å². The first kappa shape index (κ1) is 29.7. The number of amides is 1. The minimum absolute atomic E-state index is 0.0903. The third-order valence-corrected chi connectivity index (χ3v) is 8.43. The summed E-state index contributed by atoms with van der Waals surface area (Å²) in [5.74, 6) is 0.389. The van der Waals surface area contributed by atoms with Crippen molar-refractivity contribution in [2.24, 2.45) is 0 Å². The molecule has 5 aromatic rings. The number of carbonyl (C=O) groups excluding carboxylic acids is 1. The van der Waals surface area contributed by atoms with Crippen molar-refractivity contribution in [2.45, 2.75) is 25.9 Å². The van der Waals surface area contributed by atoms with Crippen molar-refractivity contribution < 1.29 is 9.53 Å². The first-order chi connectivity index (χ1) is 21.3. The van der Waals surface area contributed by atoms with Crippen molar-refractivity contribution >= 4 is 57.8 Å². The number of nitrogens with zero attached hydrogens (tertiary/aromatic N) is 3. The van der Waals surface area contributed by atoms with Crippen LogP contribution in [0.3, 0.4) is 0 Å². The number of rotatable bonds is 8. The minimum atomic E-state index is -0.249. The Balaban J connectivity index is 1.32. The van der Waals surface area contributed by atoms with E-state index in [-0.39, 0.29) is 24.6 Å². The number of halogens is 2. The van der Waals surface area contributed by atoms with E-state index in [0.717, 1.165) is 34.0 Å². The summed E-state index contributed by atoms with van der Waals surface area (Å²) in [6.07, 6.45) is 1.79. The molecule has 0 radical (unpaired) electrons. The summed E-state index contributed by atoms with van der Waals surface area (Å²) >= 11 is 18.8. The van der Waals surface area contributed by atoms with E-state index in [1.807, 2.05) is 84.9 Å². The standard InChI is InChI=1S/C34H29Cl2N5O2S/c1-21-18-27(22(2)40(21)30-16-11-23(35)19-28(30)36)33-32(29-10-6-7-17-37-29)39-34(44)41(33)25-14-12-24(13-15-25)38-31(42)20-43-26-8-4-3-5-9-26/h3-19,32-33H,20H2,1-2H3,(H,38,42)(H,39,44)/t32-,33+/m1/s1. The smallest absolute Gasteiger partial charge is 0.262 e. The van der Waals surface area contributed by atoms with Gasteiger partial charge in [-0.3, -0.25) is 9.78 Å². The second kappa shape index (κ2) is 12.7. The molecule has 3 aromatic carbocycles. The number of nitrogens with one attached hydrogen (secondary N) is 2. The van der Waals surface area contributed by atoms with Gasteiger partial charge in [0.1, 0.15) is 5.75 Å². The van der Waals surface area contributed by atoms with Crippen LogP contribution in [0.2, 0.25) is 10.0 Å². The van der Waals surface area contributed by atoms with E-state index in [4.69, 9.17) is 40.2 Å². The summed E-state index contributed by atoms with van der Waals surface area (Å²) < 4.78 is 7.71. The van der Waals surface area contributed by atoms with Crippen LogP contribution in [0, 0.1) is 13.8 Å². The molecular formula is C34H29Cl2N5O2S. The number of hydrogen-bond acceptors (Lipinski definition) is 4. The van der Waals surface area contributed by atoms with Gasteiger partial charge in [0.15, 0.2) is 11.7 Å². The number of thiocarbonyl (C=S) groups is 1. The third kappa shape index (κ3) is 6.01. The van der Waals surface area contributed by atoms with E-state index in [1.54, 1.807) is 12.3 Å². The Morgan fingerprint density at radius 3 is 2.43 bits per heavy atom. The third-order valence-electron chi connectivity index (χ3n) is 7.58. The van der Waals surface area contributed by atoms with Gasteiger partial charge >= 0.3 is 0 Å². The molecule has 0 aliphatic carbocycles. The lowest BCUT2D eigenvalue weighted by molar-refractivity contribution is -0.118. The van der Waals surface area contributed by atoms with Crippen LogP contribution in [0.25, 0.3) is 5.69 Å². The average molecular weight is 643 g/mol. The first-order valence-electron chi connectivity index (χ1n) is 14.0. The first-order valence-corrected chi connectivity index (χ1v) is 15.2. The topological polar surface area (TPSA) is 71.4 Å². The van der Waals surface area contributed by atoms with Gasteiger partial charge in [-0.2, -0.15) is 0 Å². The summed E-state index contributed by atoms with van der Waals surface area (Å²) in [6.45, 7) is 4.05. The quantitative estimate of drug-likeness (QED) is 0.167. The summed E-state index contributed by atoms with van der Waals surface area (Å²) in [5.41, 5.74) is 6.38. The van der Waals surface area contributed by atoms with E-state index in [1.165, 1.54) is 0 Å². The lowest BCUT2D eigenvalue weighted by Crippen LogP contribution is -2.29. The predicted molar refractivity (Wildman–Crippen MR) is 180 cm³/mol. The summed E-state index contributed by atoms with van der Waals surface area (Å²) in [7, 11) is 0. The zero-order chi connectivity index (χ0) is 30.8. The number of hydrogen-bond donors (Lipinski definition) is 2. The van der Waals surface area contributed by atoms with Crippen molar-refractivity contribution in [3.8, 4) is 11.4 Å². The van der Waals surface area contributed by atoms with Crippen LogP contribution in [0.4, 0.5) is 11.4 Å². The molecule has 2 aromatic heterocycles. The predicted octanol–water partition coefficient (Wildman–Crippen LogP) is 7.99. The maximum atomic E-state index is 12.5. The molecular weight excluding hydrogens is 613 g/mol. The fraction of sp³-hybridized carbons (Fsp3) is 0.147. The Bertz CT molecular complexity index is 1810. The van der Waals surface area contributed by atoms with Gasteiger partial charge < -0.3 is 24.8 Å². The van der Waals surface area contributed by atoms with Crippen molar-refractivity contribution in [1.29, 1.82) is 0 Å². The second-order valence-corrected chi connectivity index (χ2v) is 11.7. The van der Waals surface area contributed by atoms with Gasteiger partial charge in [-0.1, -0.05) is 47.5 Å². The highest BCUT2D eigenvalue weighted by atomic mass is 35.5. The zero-order valence-electron chi connectivity index (χ0n) is 24.0. The maximum absolute atomic E-state index is 12.5. The van der Waals surface area contributed by atoms with E-state index < -0.39 is 0 Å². The van der Waals surface area contributed by atoms with Crippen LogP contribution >= 0.6 is 35.4 Å². The Labute approximate surface area is 271 Å². The number of pyridine rings is 1. The highest BCUT2D eigenvalue weighted by molar-refractivity contribution is 7.80. The molecule has 1 amide bonds. The Kier molecular flexibility index (Phi) is 8.57. The van der Waals surface area contributed by atoms with Gasteiger partial charge in [0.2, 0.25) is 0 Å². The van der Waals surface area contributed by atoms with Crippen LogP contribution in [0.1, 0.15) is 34.7 Å². The fourth-order valence-electron chi connectivity index (χ4n) is 5.64. The number of carbonyl (C=O) groups is 1. The molecule has 1 aliphatic heterocycles. The van der Waals surface area contributed by atoms with Gasteiger partial charge in [0, 0.05) is 34.0 Å². The fourth-order valence-corrected chi connectivity index (χ4v) is 6.48. The molecule has 44 heavy (non-hydrogen) atoms. The molecule has 0 bridgehead atoms. The number of aryl methyl sites for hydroxylation is 1. The van der Waals surface area contributed by atoms with Crippen molar-refractivity contribution in [3.63, 3.8) is 0 Å². The summed E-state index contributed by atoms with van der Waals surface area (Å²) in [4.78, 5) is 19.3. The lowest BCUT2D eigenvalue weighted by atomic mass is 9.96. The number of aromatic nitrogens is 2. The van der Waals surface area contributed by atoms with Gasteiger partial charge in [0.25, 0.3) is 5.91 Å². The molecule has 3 heterocycles. The van der Waals surface area contributed by atoms with E-state index in [9.17, 15) is 4.79 Å². The summed E-state index contributed by atoms with van der Waals surface area (Å²) in [5, 5.41) is 8.14. The number of ether oxygens (including phenoxy) is 1. The number of para-hydroxylation sites is 1. The largest absolute Gasteiger partial charge is 0.484 e. The Hall–Kier alpha value is -4.37. The molecule has 1 fully saturated rings. The SMILES string of the molecule is Cc1cc([C@H]2[C@@H](c3ccccn3)NC(=S)N2c2ccc(NC(=O)COc3ccccc3)cc2)c(C)n1-c1ccc(Cl)cc1Cl. The van der Waals surface area contributed by atoms with Gasteiger partial charge in [-0.25, -0.2) is 0 Å². The second-order valence-electron chi connectivity index (χ2n) is 10.5. The zero-order valence-corrected chi connectivity index (χ0v) is 26.3. The van der Waals surface area contributed by atoms with Crippen LogP contribution in [-0.4, -0.2) is 27.2 Å². The highest BCUT2D eigenvalue weighted by Gasteiger charge is 2.42. The molecule has 10 heteroatoms. The Morgan fingerprint density at radius 1 is 0.977 bits per heavy atom. The normalized spacial score (nSPS) is 16.1. The van der Waals surface area contributed by atoms with Gasteiger partial charge in [-0.15, -0.1) is 0 Å². The van der Waals surface area contributed by atoms with Crippen molar-refractivity contribution in [1.82, 2.24) is 14.9 Å². The van der Waals surface area contributed by atoms with E-state index >= 15 is 0 Å².